The molecule has 2 rings (SSSR count). The molecule has 3 atom stereocenters. The number of aliphatic carboxylic acids is 1. The van der Waals surface area contributed by atoms with E-state index in [-0.39, 0.29) is 18.5 Å². The molecule has 10 nitrogen and oxygen atoms in total. The Bertz CT molecular complexity index is 1170. The van der Waals surface area contributed by atoms with E-state index in [1.807, 2.05) is 5.32 Å². The summed E-state index contributed by atoms with van der Waals surface area (Å²) in [6.45, 7) is 4.56. The molecule has 0 saturated heterocycles. The Kier molecular flexibility index (Phi) is 10.4. The van der Waals surface area contributed by atoms with Gasteiger partial charge in [0.25, 0.3) is 0 Å². The third kappa shape index (κ3) is 10.3. The van der Waals surface area contributed by atoms with Crippen molar-refractivity contribution in [1.82, 2.24) is 10.6 Å². The first kappa shape index (κ1) is 31.1. The van der Waals surface area contributed by atoms with Crippen LogP contribution in [0.5, 0.6) is 0 Å². The zero-order chi connectivity index (χ0) is 29.4. The highest BCUT2D eigenvalue weighted by Gasteiger charge is 2.37. The molecule has 1 unspecified atom stereocenters. The van der Waals surface area contributed by atoms with Gasteiger partial charge in [0.15, 0.2) is 6.10 Å². The summed E-state index contributed by atoms with van der Waals surface area (Å²) in [5, 5.41) is 25.9. The maximum atomic E-state index is 13.1. The van der Waals surface area contributed by atoms with E-state index in [0.29, 0.717) is 0 Å². The number of halogens is 3. The second kappa shape index (κ2) is 13.1. The normalized spacial score (nSPS) is 13.9. The molecule has 0 aliphatic carbocycles. The smallest absolute Gasteiger partial charge is 0.416 e. The molecule has 212 valence electrons. The van der Waals surface area contributed by atoms with E-state index in [0.717, 1.165) is 23.8 Å². The Morgan fingerprint density at radius 1 is 0.923 bits per heavy atom. The van der Waals surface area contributed by atoms with Crippen molar-refractivity contribution in [2.75, 3.05) is 5.32 Å². The number of aliphatic hydroxyl groups is 1. The van der Waals surface area contributed by atoms with Crippen molar-refractivity contribution in [2.24, 2.45) is 0 Å². The molecule has 13 heteroatoms. The third-order valence-electron chi connectivity index (χ3n) is 5.18. The maximum Gasteiger partial charge on any atom is 0.416 e. The molecule has 2 aromatic rings. The number of amides is 3. The van der Waals surface area contributed by atoms with Crippen LogP contribution in [0.4, 0.5) is 23.7 Å². The van der Waals surface area contributed by atoms with E-state index in [1.165, 1.54) is 26.8 Å². The van der Waals surface area contributed by atoms with Crippen LogP contribution in [0, 0.1) is 0 Å². The van der Waals surface area contributed by atoms with E-state index in [4.69, 9.17) is 4.74 Å². The average Bonchev–Trinajstić information content (AvgIpc) is 2.83. The molecular formula is C26H30F3N3O7. The lowest BCUT2D eigenvalue weighted by Gasteiger charge is -2.26. The highest BCUT2D eigenvalue weighted by atomic mass is 19.4. The van der Waals surface area contributed by atoms with Gasteiger partial charge in [0.05, 0.1) is 5.56 Å². The molecule has 3 amide bonds. The standard InChI is InChI=1S/C26H30F3N3O7/c1-25(2,3)39-24(38)32-19(20(33)23(36)37)22(35)31-18(13-12-15-8-5-4-6-9-15)21(34)30-17-11-7-10-16(14-17)26(27,28)29/h4-11,14,18-20,33H,12-13H2,1-3H3,(H,30,34)(H,31,35)(H,32,38)(H,36,37)/t18-,19?,20-/m0/s1. The molecule has 0 heterocycles. The van der Waals surface area contributed by atoms with Crippen LogP contribution in [0.2, 0.25) is 0 Å². The van der Waals surface area contributed by atoms with Crippen molar-refractivity contribution in [3.05, 3.63) is 65.7 Å². The van der Waals surface area contributed by atoms with Gasteiger partial charge in [-0.1, -0.05) is 36.4 Å². The summed E-state index contributed by atoms with van der Waals surface area (Å²) in [6, 6.07) is 9.18. The molecule has 39 heavy (non-hydrogen) atoms. The third-order valence-corrected chi connectivity index (χ3v) is 5.18. The number of benzene rings is 2. The number of alkyl halides is 3. The summed E-state index contributed by atoms with van der Waals surface area (Å²) in [5.74, 6) is -3.96. The Morgan fingerprint density at radius 2 is 1.56 bits per heavy atom. The number of hydrogen-bond acceptors (Lipinski definition) is 6. The Hall–Kier alpha value is -4.13. The average molecular weight is 554 g/mol. The number of rotatable bonds is 10. The van der Waals surface area contributed by atoms with E-state index < -0.39 is 59.4 Å². The minimum atomic E-state index is -4.66. The largest absolute Gasteiger partial charge is 0.479 e. The quantitative estimate of drug-likeness (QED) is 0.303. The number of carbonyl (C=O) groups is 4. The summed E-state index contributed by atoms with van der Waals surface area (Å²) in [5.41, 5.74) is -1.43. The molecule has 2 aromatic carbocycles. The zero-order valence-corrected chi connectivity index (χ0v) is 21.4. The number of aliphatic hydroxyl groups excluding tert-OH is 1. The fourth-order valence-electron chi connectivity index (χ4n) is 3.35. The fraction of sp³-hybridized carbons (Fsp3) is 0.385. The van der Waals surface area contributed by atoms with E-state index in [1.54, 1.807) is 30.3 Å². The second-order valence-electron chi connectivity index (χ2n) is 9.56. The van der Waals surface area contributed by atoms with Crippen molar-refractivity contribution in [2.45, 2.75) is 63.6 Å². The first-order valence-corrected chi connectivity index (χ1v) is 11.8. The highest BCUT2D eigenvalue weighted by Crippen LogP contribution is 2.30. The molecule has 0 aliphatic rings. The molecular weight excluding hydrogens is 523 g/mol. The van der Waals surface area contributed by atoms with Gasteiger partial charge in [-0.05, 0) is 57.4 Å². The first-order valence-electron chi connectivity index (χ1n) is 11.8. The van der Waals surface area contributed by atoms with Crippen LogP contribution in [-0.4, -0.2) is 57.9 Å². The fourth-order valence-corrected chi connectivity index (χ4v) is 3.35. The van der Waals surface area contributed by atoms with Crippen LogP contribution in [0.15, 0.2) is 54.6 Å². The van der Waals surface area contributed by atoms with Crippen LogP contribution in [0.1, 0.15) is 38.3 Å². The van der Waals surface area contributed by atoms with Gasteiger partial charge in [0.2, 0.25) is 11.8 Å². The van der Waals surface area contributed by atoms with Gasteiger partial charge in [-0.2, -0.15) is 13.2 Å². The Balaban J connectivity index is 2.29. The minimum absolute atomic E-state index is 0.0527. The van der Waals surface area contributed by atoms with Crippen LogP contribution in [-0.2, 0) is 31.7 Å². The van der Waals surface area contributed by atoms with Crippen molar-refractivity contribution >= 4 is 29.6 Å². The van der Waals surface area contributed by atoms with Gasteiger partial charge >= 0.3 is 18.2 Å². The number of carboxylic acids is 1. The topological polar surface area (TPSA) is 154 Å². The summed E-state index contributed by atoms with van der Waals surface area (Å²) in [6.07, 6.45) is -8.07. The molecule has 0 aliphatic heterocycles. The number of hydrogen-bond donors (Lipinski definition) is 5. The predicted molar refractivity (Wildman–Crippen MR) is 134 cm³/mol. The lowest BCUT2D eigenvalue weighted by atomic mass is 10.0. The first-order chi connectivity index (χ1) is 18.1. The molecule has 0 spiro atoms. The molecule has 0 bridgehead atoms. The number of carbonyl (C=O) groups excluding carboxylic acids is 3. The lowest BCUT2D eigenvalue weighted by Crippen LogP contribution is -2.59. The number of ether oxygens (including phenoxy) is 1. The Morgan fingerprint density at radius 3 is 2.13 bits per heavy atom. The zero-order valence-electron chi connectivity index (χ0n) is 21.4. The monoisotopic (exact) mass is 553 g/mol. The van der Waals surface area contributed by atoms with Gasteiger partial charge in [-0.3, -0.25) is 9.59 Å². The number of aryl methyl sites for hydroxylation is 1. The summed E-state index contributed by atoms with van der Waals surface area (Å²) in [4.78, 5) is 49.7. The molecule has 5 N–H and O–H groups in total. The minimum Gasteiger partial charge on any atom is -0.479 e. The SMILES string of the molecule is CC(C)(C)OC(=O)NC(C(=O)N[C@@H](CCc1ccccc1)C(=O)Nc1cccc(C(F)(F)F)c1)[C@H](O)C(=O)O. The van der Waals surface area contributed by atoms with Gasteiger partial charge in [0, 0.05) is 5.69 Å². The second-order valence-corrected chi connectivity index (χ2v) is 9.56. The van der Waals surface area contributed by atoms with E-state index in [2.05, 4.69) is 10.6 Å². The number of carboxylic acid groups (broad SMARTS) is 1. The maximum absolute atomic E-state index is 13.1. The van der Waals surface area contributed by atoms with Crippen molar-refractivity contribution in [3.63, 3.8) is 0 Å². The summed E-state index contributed by atoms with van der Waals surface area (Å²) in [7, 11) is 0. The van der Waals surface area contributed by atoms with Crippen LogP contribution in [0.25, 0.3) is 0 Å². The summed E-state index contributed by atoms with van der Waals surface area (Å²) >= 11 is 0. The van der Waals surface area contributed by atoms with Crippen molar-refractivity contribution in [1.29, 1.82) is 0 Å². The highest BCUT2D eigenvalue weighted by molar-refractivity contribution is 5.99. The number of alkyl carbamates (subject to hydrolysis) is 1. The lowest BCUT2D eigenvalue weighted by molar-refractivity contribution is -0.151. The molecule has 0 fully saturated rings. The summed E-state index contributed by atoms with van der Waals surface area (Å²) < 4.78 is 44.3. The van der Waals surface area contributed by atoms with Crippen LogP contribution >= 0.6 is 0 Å². The van der Waals surface area contributed by atoms with Crippen molar-refractivity contribution in [3.8, 4) is 0 Å². The number of nitrogens with one attached hydrogen (secondary N) is 3. The van der Waals surface area contributed by atoms with Gasteiger partial charge in [0.1, 0.15) is 17.7 Å². The van der Waals surface area contributed by atoms with Crippen LogP contribution in [0.3, 0.4) is 0 Å². The van der Waals surface area contributed by atoms with Crippen LogP contribution < -0.4 is 16.0 Å². The predicted octanol–water partition coefficient (Wildman–Crippen LogP) is 3.10. The van der Waals surface area contributed by atoms with E-state index >= 15 is 0 Å². The van der Waals surface area contributed by atoms with Gasteiger partial charge in [-0.25, -0.2) is 9.59 Å². The van der Waals surface area contributed by atoms with Crippen molar-refractivity contribution < 1.29 is 47.3 Å². The molecule has 0 aromatic heterocycles. The molecule has 0 saturated carbocycles. The Labute approximate surface area is 222 Å². The molecule has 0 radical (unpaired) electrons. The number of anilines is 1. The van der Waals surface area contributed by atoms with Gasteiger partial charge in [-0.15, -0.1) is 0 Å². The van der Waals surface area contributed by atoms with Gasteiger partial charge < -0.3 is 30.9 Å². The van der Waals surface area contributed by atoms with E-state index in [9.17, 15) is 42.6 Å².